The van der Waals surface area contributed by atoms with Crippen molar-refractivity contribution in [1.82, 2.24) is 9.88 Å². The molecule has 0 saturated carbocycles. The van der Waals surface area contributed by atoms with Crippen molar-refractivity contribution in [2.45, 2.75) is 6.42 Å². The SMILES string of the molecule is CN1CCN(c2ccc(NC(=O)Cc3c[nH]c4cc(F)ccc34)cc2)CC1. The second-order valence-corrected chi connectivity index (χ2v) is 7.07. The number of fused-ring (bicyclic) bond motifs is 1. The Morgan fingerprint density at radius 1 is 1.11 bits per heavy atom. The van der Waals surface area contributed by atoms with Crippen LogP contribution in [0.2, 0.25) is 0 Å². The summed E-state index contributed by atoms with van der Waals surface area (Å²) in [5.74, 6) is -0.381. The summed E-state index contributed by atoms with van der Waals surface area (Å²) in [7, 11) is 2.14. The molecule has 1 amide bonds. The smallest absolute Gasteiger partial charge is 0.228 e. The number of hydrogen-bond donors (Lipinski definition) is 2. The molecule has 0 unspecified atom stereocenters. The average Bonchev–Trinajstić information content (AvgIpc) is 3.05. The number of aromatic amines is 1. The third-order valence-corrected chi connectivity index (χ3v) is 5.10. The first-order valence-electron chi connectivity index (χ1n) is 9.17. The number of benzene rings is 2. The monoisotopic (exact) mass is 366 g/mol. The minimum atomic E-state index is -0.291. The zero-order valence-electron chi connectivity index (χ0n) is 15.3. The number of rotatable bonds is 4. The summed E-state index contributed by atoms with van der Waals surface area (Å²) in [6.07, 6.45) is 2.01. The third-order valence-electron chi connectivity index (χ3n) is 5.10. The van der Waals surface area contributed by atoms with Crippen LogP contribution in [0.25, 0.3) is 10.9 Å². The molecule has 0 radical (unpaired) electrons. The van der Waals surface area contributed by atoms with Crippen LogP contribution < -0.4 is 10.2 Å². The molecule has 27 heavy (non-hydrogen) atoms. The fourth-order valence-electron chi connectivity index (χ4n) is 3.50. The molecule has 4 rings (SSSR count). The number of amides is 1. The van der Waals surface area contributed by atoms with E-state index < -0.39 is 0 Å². The molecular formula is C21H23FN4O. The van der Waals surface area contributed by atoms with E-state index in [-0.39, 0.29) is 18.1 Å². The highest BCUT2D eigenvalue weighted by molar-refractivity contribution is 5.95. The number of piperazine rings is 1. The van der Waals surface area contributed by atoms with Crippen LogP contribution in [0.1, 0.15) is 5.56 Å². The largest absolute Gasteiger partial charge is 0.369 e. The number of nitrogens with one attached hydrogen (secondary N) is 2. The molecule has 1 saturated heterocycles. The van der Waals surface area contributed by atoms with Crippen molar-refractivity contribution in [1.29, 1.82) is 0 Å². The molecule has 1 aliphatic rings. The van der Waals surface area contributed by atoms with Crippen LogP contribution >= 0.6 is 0 Å². The molecule has 0 aliphatic carbocycles. The molecule has 2 heterocycles. The van der Waals surface area contributed by atoms with Crippen molar-refractivity contribution in [3.05, 3.63) is 60.0 Å². The van der Waals surface area contributed by atoms with Gasteiger partial charge in [-0.15, -0.1) is 0 Å². The van der Waals surface area contributed by atoms with Crippen LogP contribution in [0.4, 0.5) is 15.8 Å². The summed E-state index contributed by atoms with van der Waals surface area (Å²) in [5, 5.41) is 3.81. The normalized spacial score (nSPS) is 15.3. The number of hydrogen-bond acceptors (Lipinski definition) is 3. The number of H-pyrrole nitrogens is 1. The summed E-state index contributed by atoms with van der Waals surface area (Å²) >= 11 is 0. The number of nitrogens with zero attached hydrogens (tertiary/aromatic N) is 2. The van der Waals surface area contributed by atoms with Crippen LogP contribution in [0, 0.1) is 5.82 Å². The van der Waals surface area contributed by atoms with Gasteiger partial charge in [-0.25, -0.2) is 4.39 Å². The highest BCUT2D eigenvalue weighted by atomic mass is 19.1. The van der Waals surface area contributed by atoms with Crippen molar-refractivity contribution in [2.24, 2.45) is 0 Å². The maximum Gasteiger partial charge on any atom is 0.228 e. The summed E-state index contributed by atoms with van der Waals surface area (Å²) in [6.45, 7) is 4.16. The molecule has 1 aromatic heterocycles. The summed E-state index contributed by atoms with van der Waals surface area (Å²) in [6, 6.07) is 12.5. The molecule has 2 aromatic carbocycles. The van der Waals surface area contributed by atoms with E-state index >= 15 is 0 Å². The van der Waals surface area contributed by atoms with Crippen LogP contribution in [-0.2, 0) is 11.2 Å². The first kappa shape index (κ1) is 17.5. The fraction of sp³-hybridized carbons (Fsp3) is 0.286. The van der Waals surface area contributed by atoms with Gasteiger partial charge in [-0.1, -0.05) is 0 Å². The minimum Gasteiger partial charge on any atom is -0.369 e. The Labute approximate surface area is 157 Å². The van der Waals surface area contributed by atoms with Gasteiger partial charge in [-0.3, -0.25) is 4.79 Å². The third kappa shape index (κ3) is 3.95. The second kappa shape index (κ2) is 7.40. The molecule has 140 valence electrons. The topological polar surface area (TPSA) is 51.4 Å². The van der Waals surface area contributed by atoms with E-state index in [0.717, 1.165) is 42.8 Å². The van der Waals surface area contributed by atoms with E-state index in [2.05, 4.69) is 39.3 Å². The van der Waals surface area contributed by atoms with Gasteiger partial charge in [0.2, 0.25) is 5.91 Å². The first-order valence-corrected chi connectivity index (χ1v) is 9.17. The zero-order valence-corrected chi connectivity index (χ0v) is 15.3. The molecule has 5 nitrogen and oxygen atoms in total. The summed E-state index contributed by atoms with van der Waals surface area (Å²) in [5.41, 5.74) is 3.52. The van der Waals surface area contributed by atoms with Gasteiger partial charge in [-0.05, 0) is 55.1 Å². The molecule has 3 aromatic rings. The Bertz CT molecular complexity index is 942. The highest BCUT2D eigenvalue weighted by Crippen LogP contribution is 2.22. The molecular weight excluding hydrogens is 343 g/mol. The average molecular weight is 366 g/mol. The number of aromatic nitrogens is 1. The number of likely N-dealkylation sites (N-methyl/N-ethyl adjacent to an activating group) is 1. The molecule has 2 N–H and O–H groups in total. The van der Waals surface area contributed by atoms with Crippen LogP contribution in [0.15, 0.2) is 48.7 Å². The van der Waals surface area contributed by atoms with Gasteiger partial charge in [0.15, 0.2) is 0 Å². The maximum absolute atomic E-state index is 13.3. The van der Waals surface area contributed by atoms with E-state index in [1.54, 1.807) is 12.3 Å². The van der Waals surface area contributed by atoms with E-state index in [0.29, 0.717) is 5.52 Å². The fourth-order valence-corrected chi connectivity index (χ4v) is 3.50. The van der Waals surface area contributed by atoms with Crippen molar-refractivity contribution in [3.63, 3.8) is 0 Å². The molecule has 0 atom stereocenters. The molecule has 0 bridgehead atoms. The lowest BCUT2D eigenvalue weighted by molar-refractivity contribution is -0.115. The molecule has 1 fully saturated rings. The van der Waals surface area contributed by atoms with Gasteiger partial charge >= 0.3 is 0 Å². The summed E-state index contributed by atoms with van der Waals surface area (Å²) < 4.78 is 13.3. The predicted molar refractivity (Wildman–Crippen MR) is 107 cm³/mol. The van der Waals surface area contributed by atoms with Crippen LogP contribution in [0.5, 0.6) is 0 Å². The van der Waals surface area contributed by atoms with Crippen molar-refractivity contribution in [3.8, 4) is 0 Å². The van der Waals surface area contributed by atoms with Crippen molar-refractivity contribution < 1.29 is 9.18 Å². The van der Waals surface area contributed by atoms with Gasteiger partial charge in [0.25, 0.3) is 0 Å². The molecule has 6 heteroatoms. The lowest BCUT2D eigenvalue weighted by Gasteiger charge is -2.34. The van der Waals surface area contributed by atoms with E-state index in [4.69, 9.17) is 0 Å². The lowest BCUT2D eigenvalue weighted by atomic mass is 10.1. The second-order valence-electron chi connectivity index (χ2n) is 7.07. The van der Waals surface area contributed by atoms with Crippen LogP contribution in [0.3, 0.4) is 0 Å². The Balaban J connectivity index is 1.39. The maximum atomic E-state index is 13.3. The van der Waals surface area contributed by atoms with Crippen molar-refractivity contribution in [2.75, 3.05) is 43.4 Å². The first-order chi connectivity index (χ1) is 13.1. The predicted octanol–water partition coefficient (Wildman–Crippen LogP) is 3.24. The zero-order chi connectivity index (χ0) is 18.8. The van der Waals surface area contributed by atoms with Gasteiger partial charge in [0, 0.05) is 54.7 Å². The number of anilines is 2. The van der Waals surface area contributed by atoms with Crippen molar-refractivity contribution >= 4 is 28.2 Å². The quantitative estimate of drug-likeness (QED) is 0.745. The lowest BCUT2D eigenvalue weighted by Crippen LogP contribution is -2.44. The van der Waals surface area contributed by atoms with Gasteiger partial charge < -0.3 is 20.1 Å². The van der Waals surface area contributed by atoms with E-state index in [1.807, 2.05) is 12.1 Å². The standard InChI is InChI=1S/C21H23FN4O/c1-25-8-10-26(11-9-25)18-5-3-17(4-6-18)24-21(27)12-15-14-23-20-13-16(22)2-7-19(15)20/h2-7,13-14,23H,8-12H2,1H3,(H,24,27). The Morgan fingerprint density at radius 2 is 1.85 bits per heavy atom. The number of carbonyl (C=O) groups excluding carboxylic acids is 1. The van der Waals surface area contributed by atoms with E-state index in [9.17, 15) is 9.18 Å². The van der Waals surface area contributed by atoms with Crippen LogP contribution in [-0.4, -0.2) is 49.0 Å². The highest BCUT2D eigenvalue weighted by Gasteiger charge is 2.14. The number of carbonyl (C=O) groups is 1. The van der Waals surface area contributed by atoms with Gasteiger partial charge in [0.1, 0.15) is 5.82 Å². The molecule has 0 spiro atoms. The van der Waals surface area contributed by atoms with Gasteiger partial charge in [0.05, 0.1) is 6.42 Å². The Morgan fingerprint density at radius 3 is 2.59 bits per heavy atom. The van der Waals surface area contributed by atoms with E-state index in [1.165, 1.54) is 17.8 Å². The summed E-state index contributed by atoms with van der Waals surface area (Å²) in [4.78, 5) is 20.1. The molecule has 1 aliphatic heterocycles. The minimum absolute atomic E-state index is 0.0902. The number of halogens is 1. The van der Waals surface area contributed by atoms with Gasteiger partial charge in [-0.2, -0.15) is 0 Å². The Kier molecular flexibility index (Phi) is 4.81. The Hall–Kier alpha value is -2.86.